The van der Waals surface area contributed by atoms with Gasteiger partial charge < -0.3 is 10.6 Å². The Morgan fingerprint density at radius 3 is 3.19 bits per heavy atom. The Kier molecular flexibility index (Phi) is 4.77. The third-order valence-electron chi connectivity index (χ3n) is 3.77. The predicted octanol–water partition coefficient (Wildman–Crippen LogP) is 2.50. The van der Waals surface area contributed by atoms with Crippen molar-refractivity contribution in [3.8, 4) is 0 Å². The van der Waals surface area contributed by atoms with Gasteiger partial charge in [0.05, 0.1) is 16.0 Å². The summed E-state index contributed by atoms with van der Waals surface area (Å²) in [6.45, 7) is 4.12. The van der Waals surface area contributed by atoms with Crippen LogP contribution in [0.3, 0.4) is 0 Å². The van der Waals surface area contributed by atoms with Crippen molar-refractivity contribution in [3.63, 3.8) is 0 Å². The maximum atomic E-state index is 12.1. The molecule has 0 bridgehead atoms. The number of thioether (sulfide) groups is 1. The van der Waals surface area contributed by atoms with E-state index >= 15 is 0 Å². The fourth-order valence-corrected chi connectivity index (χ4v) is 4.35. The predicted molar refractivity (Wildman–Crippen MR) is 88.9 cm³/mol. The van der Waals surface area contributed by atoms with Crippen LogP contribution >= 0.6 is 23.1 Å². The Morgan fingerprint density at radius 1 is 1.52 bits per heavy atom. The Hall–Kier alpha value is -1.11. The summed E-state index contributed by atoms with van der Waals surface area (Å²) >= 11 is 3.16. The van der Waals surface area contributed by atoms with Crippen LogP contribution in [0.15, 0.2) is 28.6 Å². The fourth-order valence-electron chi connectivity index (χ4n) is 2.47. The fraction of sp³-hybridized carbons (Fsp3) is 0.467. The highest BCUT2D eigenvalue weighted by atomic mass is 32.2. The smallest absolute Gasteiger partial charge is 0.230 e. The van der Waals surface area contributed by atoms with Gasteiger partial charge >= 0.3 is 0 Å². The van der Waals surface area contributed by atoms with E-state index in [-0.39, 0.29) is 11.9 Å². The highest BCUT2D eigenvalue weighted by Crippen LogP contribution is 2.29. The van der Waals surface area contributed by atoms with Crippen LogP contribution in [0, 0.1) is 5.92 Å². The third-order valence-corrected chi connectivity index (χ3v) is 5.95. The molecule has 112 valence electrons. The summed E-state index contributed by atoms with van der Waals surface area (Å²) in [6, 6.07) is 8.32. The van der Waals surface area contributed by atoms with Crippen molar-refractivity contribution in [1.29, 1.82) is 0 Å². The number of piperidine rings is 1. The lowest BCUT2D eigenvalue weighted by molar-refractivity contribution is -0.119. The molecule has 1 aliphatic rings. The van der Waals surface area contributed by atoms with E-state index in [9.17, 15) is 4.79 Å². The van der Waals surface area contributed by atoms with Gasteiger partial charge in [0.1, 0.15) is 0 Å². The number of fused-ring (bicyclic) bond motifs is 1. The number of nitrogens with zero attached hydrogens (tertiary/aromatic N) is 1. The molecule has 0 spiro atoms. The maximum Gasteiger partial charge on any atom is 0.230 e. The first-order valence-corrected chi connectivity index (χ1v) is 9.01. The molecule has 1 fully saturated rings. The molecule has 2 atom stereocenters. The standard InChI is InChI=1S/C15H19N3OS2/c1-10-6-7-16-8-12(10)17-14(19)9-20-15-18-11-4-2-3-5-13(11)21-15/h2-5,10,12,16H,6-9H2,1H3,(H,17,19). The van der Waals surface area contributed by atoms with Crippen LogP contribution in [-0.2, 0) is 4.79 Å². The second-order valence-electron chi connectivity index (χ2n) is 5.38. The van der Waals surface area contributed by atoms with Gasteiger partial charge in [0, 0.05) is 12.6 Å². The minimum atomic E-state index is 0.0970. The normalized spacial score (nSPS) is 22.3. The average Bonchev–Trinajstić information content (AvgIpc) is 2.90. The Balaban J connectivity index is 1.53. The van der Waals surface area contributed by atoms with Gasteiger partial charge in [-0.15, -0.1) is 11.3 Å². The summed E-state index contributed by atoms with van der Waals surface area (Å²) in [6.07, 6.45) is 1.12. The molecule has 6 heteroatoms. The summed E-state index contributed by atoms with van der Waals surface area (Å²) in [5, 5.41) is 6.46. The van der Waals surface area contributed by atoms with Crippen molar-refractivity contribution in [2.75, 3.05) is 18.8 Å². The van der Waals surface area contributed by atoms with Gasteiger partial charge in [0.2, 0.25) is 5.91 Å². The van der Waals surface area contributed by atoms with Crippen LogP contribution in [0.2, 0.25) is 0 Å². The summed E-state index contributed by atoms with van der Waals surface area (Å²) in [5.41, 5.74) is 1.01. The van der Waals surface area contributed by atoms with Gasteiger partial charge in [-0.1, -0.05) is 30.8 Å². The maximum absolute atomic E-state index is 12.1. The van der Waals surface area contributed by atoms with Crippen LogP contribution in [0.25, 0.3) is 10.2 Å². The first kappa shape index (κ1) is 14.8. The van der Waals surface area contributed by atoms with Crippen molar-refractivity contribution in [2.45, 2.75) is 23.7 Å². The van der Waals surface area contributed by atoms with Crippen molar-refractivity contribution in [3.05, 3.63) is 24.3 Å². The number of hydrogen-bond acceptors (Lipinski definition) is 5. The van der Waals surface area contributed by atoms with E-state index in [1.807, 2.05) is 18.2 Å². The van der Waals surface area contributed by atoms with Crippen LogP contribution in [0.1, 0.15) is 13.3 Å². The largest absolute Gasteiger partial charge is 0.351 e. The second kappa shape index (κ2) is 6.77. The van der Waals surface area contributed by atoms with Crippen LogP contribution in [0.5, 0.6) is 0 Å². The molecule has 3 rings (SSSR count). The molecule has 1 saturated heterocycles. The van der Waals surface area contributed by atoms with E-state index in [0.29, 0.717) is 11.7 Å². The van der Waals surface area contributed by atoms with Gasteiger partial charge in [-0.05, 0) is 31.0 Å². The Morgan fingerprint density at radius 2 is 2.38 bits per heavy atom. The molecular weight excluding hydrogens is 302 g/mol. The number of thiazole rings is 1. The molecule has 1 aliphatic heterocycles. The quantitative estimate of drug-likeness (QED) is 0.850. The molecule has 1 amide bonds. The number of amides is 1. The Bertz CT molecular complexity index is 595. The second-order valence-corrected chi connectivity index (χ2v) is 7.63. The number of nitrogens with one attached hydrogen (secondary N) is 2. The highest BCUT2D eigenvalue weighted by molar-refractivity contribution is 8.01. The first-order valence-electron chi connectivity index (χ1n) is 7.21. The number of para-hydroxylation sites is 1. The van der Waals surface area contributed by atoms with E-state index in [4.69, 9.17) is 0 Å². The van der Waals surface area contributed by atoms with Gasteiger partial charge in [0.25, 0.3) is 0 Å². The molecule has 1 aromatic carbocycles. The summed E-state index contributed by atoms with van der Waals surface area (Å²) in [4.78, 5) is 16.6. The molecule has 1 aromatic heterocycles. The van der Waals surface area contributed by atoms with E-state index in [0.717, 1.165) is 29.4 Å². The van der Waals surface area contributed by atoms with Gasteiger partial charge in [-0.25, -0.2) is 4.98 Å². The zero-order valence-electron chi connectivity index (χ0n) is 12.0. The minimum Gasteiger partial charge on any atom is -0.351 e. The Labute approximate surface area is 132 Å². The molecule has 2 aromatic rings. The lowest BCUT2D eigenvalue weighted by Gasteiger charge is -2.30. The van der Waals surface area contributed by atoms with Gasteiger partial charge in [0.15, 0.2) is 4.34 Å². The number of carbonyl (C=O) groups is 1. The average molecular weight is 321 g/mol. The molecular formula is C15H19N3OS2. The van der Waals surface area contributed by atoms with E-state index in [2.05, 4.69) is 28.6 Å². The number of hydrogen-bond donors (Lipinski definition) is 2. The van der Waals surface area contributed by atoms with Crippen LogP contribution in [-0.4, -0.2) is 35.8 Å². The van der Waals surface area contributed by atoms with Gasteiger partial charge in [-0.3, -0.25) is 4.79 Å². The molecule has 2 heterocycles. The SMILES string of the molecule is CC1CCNCC1NC(=O)CSc1nc2ccccc2s1. The zero-order valence-corrected chi connectivity index (χ0v) is 13.6. The number of benzene rings is 1. The molecule has 0 saturated carbocycles. The number of carbonyl (C=O) groups excluding carboxylic acids is 1. The van der Waals surface area contributed by atoms with Crippen molar-refractivity contribution in [2.24, 2.45) is 5.92 Å². The van der Waals surface area contributed by atoms with Crippen LogP contribution < -0.4 is 10.6 Å². The summed E-state index contributed by atoms with van der Waals surface area (Å²) in [7, 11) is 0. The molecule has 0 radical (unpaired) electrons. The first-order chi connectivity index (χ1) is 10.2. The lowest BCUT2D eigenvalue weighted by Crippen LogP contribution is -2.50. The summed E-state index contributed by atoms with van der Waals surface area (Å²) in [5.74, 6) is 1.07. The monoisotopic (exact) mass is 321 g/mol. The molecule has 0 aliphatic carbocycles. The third kappa shape index (κ3) is 3.75. The summed E-state index contributed by atoms with van der Waals surface area (Å²) < 4.78 is 2.13. The molecule has 2 N–H and O–H groups in total. The van der Waals surface area contributed by atoms with E-state index in [1.54, 1.807) is 11.3 Å². The van der Waals surface area contributed by atoms with Crippen molar-refractivity contribution in [1.82, 2.24) is 15.6 Å². The topological polar surface area (TPSA) is 54.0 Å². The minimum absolute atomic E-state index is 0.0970. The zero-order chi connectivity index (χ0) is 14.7. The number of rotatable bonds is 4. The van der Waals surface area contributed by atoms with E-state index < -0.39 is 0 Å². The van der Waals surface area contributed by atoms with Crippen molar-refractivity contribution < 1.29 is 4.79 Å². The molecule has 21 heavy (non-hydrogen) atoms. The van der Waals surface area contributed by atoms with Crippen LogP contribution in [0.4, 0.5) is 0 Å². The number of aromatic nitrogens is 1. The highest BCUT2D eigenvalue weighted by Gasteiger charge is 2.22. The van der Waals surface area contributed by atoms with Crippen molar-refractivity contribution >= 4 is 39.2 Å². The van der Waals surface area contributed by atoms with E-state index in [1.165, 1.54) is 16.5 Å². The lowest BCUT2D eigenvalue weighted by atomic mass is 9.95. The molecule has 2 unspecified atom stereocenters. The molecule has 4 nitrogen and oxygen atoms in total. The van der Waals surface area contributed by atoms with Gasteiger partial charge in [-0.2, -0.15) is 0 Å².